The molecule has 98 valence electrons. The van der Waals surface area contributed by atoms with Gasteiger partial charge in [0.15, 0.2) is 12.1 Å². The van der Waals surface area contributed by atoms with Crippen molar-refractivity contribution in [2.75, 3.05) is 7.11 Å². The fourth-order valence-corrected chi connectivity index (χ4v) is 2.58. The predicted octanol–water partition coefficient (Wildman–Crippen LogP) is 1.31. The van der Waals surface area contributed by atoms with Crippen LogP contribution in [-0.2, 0) is 23.7 Å². The zero-order valence-corrected chi connectivity index (χ0v) is 10.9. The molecule has 0 bridgehead atoms. The SMILES string of the molecule is COC(=O)C(C)C1OC2OC(C)(C)OC2C1C. The van der Waals surface area contributed by atoms with Crippen molar-refractivity contribution in [1.82, 2.24) is 0 Å². The van der Waals surface area contributed by atoms with Crippen LogP contribution in [0.1, 0.15) is 27.7 Å². The van der Waals surface area contributed by atoms with E-state index in [2.05, 4.69) is 0 Å². The van der Waals surface area contributed by atoms with Crippen molar-refractivity contribution in [2.45, 2.75) is 52.0 Å². The van der Waals surface area contributed by atoms with Gasteiger partial charge in [0.25, 0.3) is 0 Å². The summed E-state index contributed by atoms with van der Waals surface area (Å²) < 4.78 is 21.9. The molecule has 0 saturated carbocycles. The van der Waals surface area contributed by atoms with Crippen LogP contribution in [0, 0.1) is 11.8 Å². The maximum absolute atomic E-state index is 11.5. The van der Waals surface area contributed by atoms with E-state index in [9.17, 15) is 4.79 Å². The average molecular weight is 244 g/mol. The first-order valence-corrected chi connectivity index (χ1v) is 5.94. The Hall–Kier alpha value is -0.650. The van der Waals surface area contributed by atoms with Crippen LogP contribution in [0.5, 0.6) is 0 Å². The van der Waals surface area contributed by atoms with Crippen LogP contribution in [0.3, 0.4) is 0 Å². The van der Waals surface area contributed by atoms with Crippen LogP contribution in [-0.4, -0.2) is 37.4 Å². The number of carbonyl (C=O) groups is 1. The Morgan fingerprint density at radius 3 is 2.53 bits per heavy atom. The van der Waals surface area contributed by atoms with Crippen molar-refractivity contribution >= 4 is 5.97 Å². The third kappa shape index (κ3) is 2.19. The summed E-state index contributed by atoms with van der Waals surface area (Å²) in [5, 5.41) is 0. The molecule has 0 aromatic heterocycles. The fourth-order valence-electron chi connectivity index (χ4n) is 2.58. The van der Waals surface area contributed by atoms with Gasteiger partial charge in [0, 0.05) is 5.92 Å². The molecule has 0 aromatic carbocycles. The Bertz CT molecular complexity index is 314. The molecule has 0 aliphatic carbocycles. The van der Waals surface area contributed by atoms with Crippen LogP contribution in [0.2, 0.25) is 0 Å². The van der Waals surface area contributed by atoms with Crippen molar-refractivity contribution < 1.29 is 23.7 Å². The van der Waals surface area contributed by atoms with E-state index in [4.69, 9.17) is 18.9 Å². The standard InChI is InChI=1S/C12H20O5/c1-6-8(7(2)10(13)14-5)15-11-9(6)16-12(3,4)17-11/h6-9,11H,1-5H3. The molecule has 2 aliphatic heterocycles. The van der Waals surface area contributed by atoms with Crippen LogP contribution >= 0.6 is 0 Å². The van der Waals surface area contributed by atoms with Gasteiger partial charge >= 0.3 is 5.97 Å². The summed E-state index contributed by atoms with van der Waals surface area (Å²) in [6.07, 6.45) is -0.701. The normalized spacial score (nSPS) is 41.0. The molecule has 0 N–H and O–H groups in total. The van der Waals surface area contributed by atoms with E-state index < -0.39 is 5.79 Å². The van der Waals surface area contributed by atoms with E-state index in [0.717, 1.165) is 0 Å². The number of hydrogen-bond acceptors (Lipinski definition) is 5. The summed E-state index contributed by atoms with van der Waals surface area (Å²) in [6.45, 7) is 7.54. The zero-order chi connectivity index (χ0) is 12.8. The Morgan fingerprint density at radius 1 is 1.35 bits per heavy atom. The summed E-state index contributed by atoms with van der Waals surface area (Å²) in [4.78, 5) is 11.5. The molecule has 2 heterocycles. The largest absolute Gasteiger partial charge is 0.469 e. The number of carbonyl (C=O) groups excluding carboxylic acids is 1. The quantitative estimate of drug-likeness (QED) is 0.685. The van der Waals surface area contributed by atoms with Crippen molar-refractivity contribution in [3.05, 3.63) is 0 Å². The summed E-state index contributed by atoms with van der Waals surface area (Å²) in [7, 11) is 1.38. The van der Waals surface area contributed by atoms with Gasteiger partial charge in [-0.15, -0.1) is 0 Å². The molecular weight excluding hydrogens is 224 g/mol. The monoisotopic (exact) mass is 244 g/mol. The maximum atomic E-state index is 11.5. The lowest BCUT2D eigenvalue weighted by molar-refractivity contribution is -0.215. The first-order valence-electron chi connectivity index (χ1n) is 5.94. The van der Waals surface area contributed by atoms with E-state index >= 15 is 0 Å². The minimum atomic E-state index is -0.608. The fraction of sp³-hybridized carbons (Fsp3) is 0.917. The van der Waals surface area contributed by atoms with Gasteiger partial charge in [-0.3, -0.25) is 4.79 Å². The van der Waals surface area contributed by atoms with Gasteiger partial charge in [-0.1, -0.05) is 6.92 Å². The number of methoxy groups -OCH3 is 1. The Labute approximate surface area is 101 Å². The predicted molar refractivity (Wildman–Crippen MR) is 59.0 cm³/mol. The maximum Gasteiger partial charge on any atom is 0.311 e. The minimum Gasteiger partial charge on any atom is -0.469 e. The zero-order valence-electron chi connectivity index (χ0n) is 10.9. The number of ether oxygens (including phenoxy) is 4. The molecule has 0 radical (unpaired) electrons. The average Bonchev–Trinajstić information content (AvgIpc) is 2.71. The molecule has 2 aliphatic rings. The van der Waals surface area contributed by atoms with Crippen LogP contribution < -0.4 is 0 Å². The van der Waals surface area contributed by atoms with Crippen LogP contribution in [0.4, 0.5) is 0 Å². The van der Waals surface area contributed by atoms with Crippen LogP contribution in [0.15, 0.2) is 0 Å². The number of esters is 1. The highest BCUT2D eigenvalue weighted by molar-refractivity contribution is 5.72. The molecule has 5 unspecified atom stereocenters. The highest BCUT2D eigenvalue weighted by Crippen LogP contribution is 2.42. The lowest BCUT2D eigenvalue weighted by Gasteiger charge is -2.26. The first-order chi connectivity index (χ1) is 7.85. The van der Waals surface area contributed by atoms with Gasteiger partial charge in [-0.25, -0.2) is 0 Å². The number of fused-ring (bicyclic) bond motifs is 1. The highest BCUT2D eigenvalue weighted by atomic mass is 16.8. The molecule has 2 fully saturated rings. The number of rotatable bonds is 2. The van der Waals surface area contributed by atoms with Crippen molar-refractivity contribution in [3.63, 3.8) is 0 Å². The summed E-state index contributed by atoms with van der Waals surface area (Å²) in [5.74, 6) is -1.07. The Kier molecular flexibility index (Phi) is 3.18. The molecule has 0 aromatic rings. The second-order valence-electron chi connectivity index (χ2n) is 5.24. The highest BCUT2D eigenvalue weighted by Gasteiger charge is 2.54. The molecule has 17 heavy (non-hydrogen) atoms. The second-order valence-corrected chi connectivity index (χ2v) is 5.24. The Balaban J connectivity index is 2.05. The van der Waals surface area contributed by atoms with Gasteiger partial charge in [0.2, 0.25) is 0 Å². The molecule has 5 atom stereocenters. The molecule has 5 nitrogen and oxygen atoms in total. The van der Waals surface area contributed by atoms with E-state index in [1.165, 1.54) is 7.11 Å². The van der Waals surface area contributed by atoms with Crippen LogP contribution in [0.25, 0.3) is 0 Å². The van der Waals surface area contributed by atoms with Crippen molar-refractivity contribution in [3.8, 4) is 0 Å². The molecule has 0 amide bonds. The van der Waals surface area contributed by atoms with Gasteiger partial charge in [-0.05, 0) is 20.8 Å². The van der Waals surface area contributed by atoms with Crippen molar-refractivity contribution in [1.29, 1.82) is 0 Å². The van der Waals surface area contributed by atoms with E-state index in [1.54, 1.807) is 6.92 Å². The third-order valence-corrected chi connectivity index (χ3v) is 3.48. The summed E-state index contributed by atoms with van der Waals surface area (Å²) >= 11 is 0. The molecular formula is C12H20O5. The molecule has 2 saturated heterocycles. The van der Waals surface area contributed by atoms with E-state index in [-0.39, 0.29) is 36.3 Å². The lowest BCUT2D eigenvalue weighted by Crippen LogP contribution is -2.35. The summed E-state index contributed by atoms with van der Waals surface area (Å²) in [5.41, 5.74) is 0. The summed E-state index contributed by atoms with van der Waals surface area (Å²) in [6, 6.07) is 0. The molecule has 5 heteroatoms. The molecule has 0 spiro atoms. The van der Waals surface area contributed by atoms with Gasteiger partial charge in [0.05, 0.1) is 19.1 Å². The topological polar surface area (TPSA) is 54.0 Å². The van der Waals surface area contributed by atoms with Gasteiger partial charge < -0.3 is 18.9 Å². The lowest BCUT2D eigenvalue weighted by atomic mass is 9.91. The first kappa shape index (κ1) is 12.8. The van der Waals surface area contributed by atoms with E-state index in [1.807, 2.05) is 20.8 Å². The second kappa shape index (κ2) is 4.23. The minimum absolute atomic E-state index is 0.107. The van der Waals surface area contributed by atoms with Gasteiger partial charge in [0.1, 0.15) is 6.10 Å². The molecule has 2 rings (SSSR count). The Morgan fingerprint density at radius 2 is 2.00 bits per heavy atom. The number of hydrogen-bond donors (Lipinski definition) is 0. The van der Waals surface area contributed by atoms with E-state index in [0.29, 0.717) is 0 Å². The smallest absolute Gasteiger partial charge is 0.311 e. The van der Waals surface area contributed by atoms with Gasteiger partial charge in [-0.2, -0.15) is 0 Å². The van der Waals surface area contributed by atoms with Crippen molar-refractivity contribution in [2.24, 2.45) is 11.8 Å². The third-order valence-electron chi connectivity index (χ3n) is 3.48.